The maximum absolute atomic E-state index is 12.3. The first-order valence-corrected chi connectivity index (χ1v) is 8.85. The topological polar surface area (TPSA) is 75.6 Å². The van der Waals surface area contributed by atoms with Gasteiger partial charge in [0, 0.05) is 6.54 Å². The van der Waals surface area contributed by atoms with Gasteiger partial charge in [-0.05, 0) is 24.6 Å². The Morgan fingerprint density at radius 1 is 1.09 bits per heavy atom. The number of hydrogen-bond donors (Lipinski definition) is 2. The molecule has 5 nitrogen and oxygen atoms in total. The van der Waals surface area contributed by atoms with Gasteiger partial charge in [0.1, 0.15) is 0 Å². The van der Waals surface area contributed by atoms with Crippen molar-refractivity contribution in [2.75, 3.05) is 19.8 Å². The molecule has 0 heterocycles. The molecule has 0 aliphatic carbocycles. The monoisotopic (exact) mass is 335 g/mol. The van der Waals surface area contributed by atoms with Crippen molar-refractivity contribution in [2.45, 2.75) is 17.9 Å². The van der Waals surface area contributed by atoms with E-state index in [1.54, 1.807) is 18.2 Å². The maximum Gasteiger partial charge on any atom is 0.240 e. The predicted molar refractivity (Wildman–Crippen MR) is 88.6 cm³/mol. The fraction of sp³-hybridized carbons (Fsp3) is 0.294. The lowest BCUT2D eigenvalue weighted by Crippen LogP contribution is -2.30. The third kappa shape index (κ3) is 5.14. The number of sulfonamides is 1. The summed E-state index contributed by atoms with van der Waals surface area (Å²) in [5, 5.41) is 8.95. The molecule has 2 rings (SSSR count). The highest BCUT2D eigenvalue weighted by atomic mass is 32.2. The van der Waals surface area contributed by atoms with Crippen molar-refractivity contribution in [1.29, 1.82) is 0 Å². The minimum atomic E-state index is -3.59. The molecule has 0 bridgehead atoms. The summed E-state index contributed by atoms with van der Waals surface area (Å²) in [5.74, 6) is 0. The Morgan fingerprint density at radius 2 is 1.74 bits per heavy atom. The molecule has 0 saturated heterocycles. The van der Waals surface area contributed by atoms with E-state index in [2.05, 4.69) is 4.72 Å². The second-order valence-electron chi connectivity index (χ2n) is 5.16. The van der Waals surface area contributed by atoms with Gasteiger partial charge in [-0.2, -0.15) is 0 Å². The van der Waals surface area contributed by atoms with Crippen LogP contribution >= 0.6 is 0 Å². The number of benzene rings is 2. The normalized spacial score (nSPS) is 13.0. The Bertz CT molecular complexity index is 699. The van der Waals surface area contributed by atoms with Crippen molar-refractivity contribution in [3.8, 4) is 0 Å². The van der Waals surface area contributed by atoms with E-state index in [1.165, 1.54) is 12.1 Å². The highest BCUT2D eigenvalue weighted by Gasteiger charge is 2.18. The highest BCUT2D eigenvalue weighted by Crippen LogP contribution is 2.18. The van der Waals surface area contributed by atoms with E-state index in [1.807, 2.05) is 31.2 Å². The van der Waals surface area contributed by atoms with Crippen LogP contribution in [0.5, 0.6) is 0 Å². The van der Waals surface area contributed by atoms with E-state index in [-0.39, 0.29) is 24.7 Å². The molecule has 0 aromatic heterocycles. The minimum Gasteiger partial charge on any atom is -0.394 e. The zero-order valence-electron chi connectivity index (χ0n) is 13.0. The van der Waals surface area contributed by atoms with E-state index in [4.69, 9.17) is 9.84 Å². The van der Waals surface area contributed by atoms with Gasteiger partial charge in [0.05, 0.1) is 24.2 Å². The fourth-order valence-corrected chi connectivity index (χ4v) is 3.17. The van der Waals surface area contributed by atoms with Gasteiger partial charge in [-0.3, -0.25) is 0 Å². The Hall–Kier alpha value is -1.73. The quantitative estimate of drug-likeness (QED) is 0.774. The summed E-state index contributed by atoms with van der Waals surface area (Å²) < 4.78 is 32.7. The smallest absolute Gasteiger partial charge is 0.240 e. The molecule has 1 atom stereocenters. The number of hydrogen-bond acceptors (Lipinski definition) is 4. The molecule has 124 valence electrons. The van der Waals surface area contributed by atoms with E-state index in [0.29, 0.717) is 0 Å². The molecule has 0 radical (unpaired) electrons. The lowest BCUT2D eigenvalue weighted by Gasteiger charge is -2.19. The van der Waals surface area contributed by atoms with Gasteiger partial charge in [0.25, 0.3) is 0 Å². The molecule has 0 aliphatic heterocycles. The first kappa shape index (κ1) is 17.6. The van der Waals surface area contributed by atoms with Crippen molar-refractivity contribution < 1.29 is 18.3 Å². The third-order valence-corrected chi connectivity index (χ3v) is 4.81. The van der Waals surface area contributed by atoms with Crippen LogP contribution in [0, 0.1) is 6.92 Å². The van der Waals surface area contributed by atoms with Crippen LogP contribution in [0.2, 0.25) is 0 Å². The molecule has 0 spiro atoms. The highest BCUT2D eigenvalue weighted by molar-refractivity contribution is 7.89. The second kappa shape index (κ2) is 8.21. The van der Waals surface area contributed by atoms with Crippen LogP contribution < -0.4 is 4.72 Å². The van der Waals surface area contributed by atoms with Gasteiger partial charge in [0.2, 0.25) is 10.0 Å². The van der Waals surface area contributed by atoms with Gasteiger partial charge in [-0.1, -0.05) is 48.0 Å². The Kier molecular flexibility index (Phi) is 6.29. The molecule has 2 N–H and O–H groups in total. The lowest BCUT2D eigenvalue weighted by molar-refractivity contribution is 0.0309. The molecule has 23 heavy (non-hydrogen) atoms. The summed E-state index contributed by atoms with van der Waals surface area (Å²) in [7, 11) is -3.59. The molecule has 0 amide bonds. The van der Waals surface area contributed by atoms with Crippen molar-refractivity contribution >= 4 is 10.0 Å². The van der Waals surface area contributed by atoms with Crippen molar-refractivity contribution in [2.24, 2.45) is 0 Å². The van der Waals surface area contributed by atoms with Gasteiger partial charge in [0.15, 0.2) is 0 Å². The number of rotatable bonds is 8. The maximum atomic E-state index is 12.3. The van der Waals surface area contributed by atoms with Crippen LogP contribution in [0.1, 0.15) is 17.2 Å². The predicted octanol–water partition coefficient (Wildman–Crippen LogP) is 2.02. The minimum absolute atomic E-state index is 0.0975. The van der Waals surface area contributed by atoms with Crippen molar-refractivity contribution in [1.82, 2.24) is 4.72 Å². The zero-order valence-corrected chi connectivity index (χ0v) is 13.8. The molecule has 1 unspecified atom stereocenters. The van der Waals surface area contributed by atoms with Gasteiger partial charge in [-0.25, -0.2) is 13.1 Å². The molecular weight excluding hydrogens is 314 g/mol. The first-order chi connectivity index (χ1) is 11.0. The molecular formula is C17H21NO4S. The largest absolute Gasteiger partial charge is 0.394 e. The molecule has 2 aromatic rings. The van der Waals surface area contributed by atoms with Crippen LogP contribution in [0.25, 0.3) is 0 Å². The van der Waals surface area contributed by atoms with E-state index in [9.17, 15) is 8.42 Å². The first-order valence-electron chi connectivity index (χ1n) is 7.36. The van der Waals surface area contributed by atoms with Crippen molar-refractivity contribution in [3.05, 3.63) is 65.7 Å². The zero-order chi connectivity index (χ0) is 16.7. The Morgan fingerprint density at radius 3 is 2.35 bits per heavy atom. The van der Waals surface area contributed by atoms with Crippen LogP contribution in [-0.2, 0) is 14.8 Å². The van der Waals surface area contributed by atoms with Crippen LogP contribution in [0.4, 0.5) is 0 Å². The molecule has 0 fully saturated rings. The standard InChI is InChI=1S/C17H21NO4S/c1-14-7-9-15(10-8-14)17(22-12-11-19)13-18-23(20,21)16-5-3-2-4-6-16/h2-10,17-19H,11-13H2,1H3. The SMILES string of the molecule is Cc1ccc(C(CNS(=O)(=O)c2ccccc2)OCCO)cc1. The van der Waals surface area contributed by atoms with Gasteiger partial charge < -0.3 is 9.84 Å². The van der Waals surface area contributed by atoms with Crippen LogP contribution in [0.3, 0.4) is 0 Å². The Labute approximate surface area is 137 Å². The number of aliphatic hydroxyl groups is 1. The van der Waals surface area contributed by atoms with Gasteiger partial charge >= 0.3 is 0 Å². The fourth-order valence-electron chi connectivity index (χ4n) is 2.12. The molecule has 6 heteroatoms. The molecule has 2 aromatic carbocycles. The number of aliphatic hydroxyl groups excluding tert-OH is 1. The summed E-state index contributed by atoms with van der Waals surface area (Å²) in [4.78, 5) is 0.213. The average Bonchev–Trinajstić information content (AvgIpc) is 2.57. The van der Waals surface area contributed by atoms with E-state index < -0.39 is 16.1 Å². The number of aryl methyl sites for hydroxylation is 1. The summed E-state index contributed by atoms with van der Waals surface area (Å²) in [6, 6.07) is 15.9. The Balaban J connectivity index is 2.10. The lowest BCUT2D eigenvalue weighted by atomic mass is 10.1. The summed E-state index contributed by atoms with van der Waals surface area (Å²) >= 11 is 0. The second-order valence-corrected chi connectivity index (χ2v) is 6.93. The van der Waals surface area contributed by atoms with E-state index >= 15 is 0 Å². The van der Waals surface area contributed by atoms with Crippen LogP contribution in [0.15, 0.2) is 59.5 Å². The van der Waals surface area contributed by atoms with Gasteiger partial charge in [-0.15, -0.1) is 0 Å². The number of ether oxygens (including phenoxy) is 1. The average molecular weight is 335 g/mol. The summed E-state index contributed by atoms with van der Waals surface area (Å²) in [6.07, 6.45) is -0.457. The van der Waals surface area contributed by atoms with Crippen LogP contribution in [-0.4, -0.2) is 33.3 Å². The van der Waals surface area contributed by atoms with Crippen molar-refractivity contribution in [3.63, 3.8) is 0 Å². The van der Waals surface area contributed by atoms with E-state index in [0.717, 1.165) is 11.1 Å². The third-order valence-electron chi connectivity index (χ3n) is 3.37. The molecule has 0 aliphatic rings. The summed E-state index contributed by atoms with van der Waals surface area (Å²) in [6.45, 7) is 2.10. The molecule has 0 saturated carbocycles. The summed E-state index contributed by atoms with van der Waals surface area (Å²) in [5.41, 5.74) is 1.97. The number of nitrogens with one attached hydrogen (secondary N) is 1.